The van der Waals surface area contributed by atoms with E-state index in [4.69, 9.17) is 37.3 Å². The second-order valence-corrected chi connectivity index (χ2v) is 9.73. The van der Waals surface area contributed by atoms with Crippen molar-refractivity contribution in [1.82, 2.24) is 5.32 Å². The lowest BCUT2D eigenvalue weighted by atomic mass is 10.0. The van der Waals surface area contributed by atoms with Gasteiger partial charge in [-0.15, -0.1) is 0 Å². The molecule has 0 heterocycles. The van der Waals surface area contributed by atoms with Crippen molar-refractivity contribution in [2.45, 2.75) is 6.42 Å². The summed E-state index contributed by atoms with van der Waals surface area (Å²) in [6.45, 7) is 0.465. The number of nitrogens with one attached hydrogen (secondary N) is 2. The van der Waals surface area contributed by atoms with Crippen LogP contribution < -0.4 is 20.5 Å². The minimum absolute atomic E-state index is 0.0578. The Balaban J connectivity index is 0.000000324. The Labute approximate surface area is 254 Å². The average Bonchev–Trinajstić information content (AvgIpc) is 3.02. The number of para-hydroxylation sites is 1. The third kappa shape index (κ3) is 8.82. The number of hydrogen-bond donors (Lipinski definition) is 4. The Morgan fingerprint density at radius 3 is 2.21 bits per heavy atom. The quantitative estimate of drug-likeness (QED) is 0.136. The van der Waals surface area contributed by atoms with E-state index in [0.717, 1.165) is 33.4 Å². The topological polar surface area (TPSA) is 135 Å². The molecule has 0 unspecified atom stereocenters. The summed E-state index contributed by atoms with van der Waals surface area (Å²) in [6, 6.07) is 32.9. The highest BCUT2D eigenvalue weighted by molar-refractivity contribution is 6.32. The highest BCUT2D eigenvalue weighted by atomic mass is 35.5. The van der Waals surface area contributed by atoms with Crippen LogP contribution in [-0.2, 0) is 11.2 Å². The summed E-state index contributed by atoms with van der Waals surface area (Å²) >= 11 is 5.50. The second kappa shape index (κ2) is 15.0. The van der Waals surface area contributed by atoms with Crippen molar-refractivity contribution in [2.24, 2.45) is 5.73 Å². The average molecular weight is 596 g/mol. The van der Waals surface area contributed by atoms with Crippen molar-refractivity contribution in [2.75, 3.05) is 13.2 Å². The third-order valence-electron chi connectivity index (χ3n) is 6.30. The summed E-state index contributed by atoms with van der Waals surface area (Å²) in [5, 5.41) is 21.3. The van der Waals surface area contributed by atoms with Gasteiger partial charge in [0.1, 0.15) is 23.0 Å². The predicted molar refractivity (Wildman–Crippen MR) is 169 cm³/mol. The highest BCUT2D eigenvalue weighted by Gasteiger charge is 2.08. The molecule has 0 aliphatic heterocycles. The van der Waals surface area contributed by atoms with Crippen LogP contribution in [0.5, 0.6) is 23.0 Å². The molecule has 0 bridgehead atoms. The summed E-state index contributed by atoms with van der Waals surface area (Å²) in [6.07, 6.45) is 2.04. The van der Waals surface area contributed by atoms with Gasteiger partial charge in [0.2, 0.25) is 5.91 Å². The Bertz CT molecular complexity index is 1710. The summed E-state index contributed by atoms with van der Waals surface area (Å²) < 4.78 is 11.5. The van der Waals surface area contributed by atoms with Crippen LogP contribution in [0.25, 0.3) is 10.8 Å². The van der Waals surface area contributed by atoms with Gasteiger partial charge in [0.05, 0.1) is 5.02 Å². The van der Waals surface area contributed by atoms with Gasteiger partial charge in [0, 0.05) is 29.3 Å². The molecule has 5 rings (SSSR count). The fourth-order valence-corrected chi connectivity index (χ4v) is 4.28. The van der Waals surface area contributed by atoms with E-state index in [-0.39, 0.29) is 28.8 Å². The first-order valence-electron chi connectivity index (χ1n) is 13.4. The molecule has 5 N–H and O–H groups in total. The maximum absolute atomic E-state index is 12.2. The third-order valence-corrected chi connectivity index (χ3v) is 6.61. The van der Waals surface area contributed by atoms with Gasteiger partial charge in [-0.2, -0.15) is 0 Å². The Morgan fingerprint density at radius 1 is 0.860 bits per heavy atom. The fraction of sp³-hybridized carbons (Fsp3) is 0.0882. The molecule has 0 fully saturated rings. The molecular formula is C34H30ClN3O5. The van der Waals surface area contributed by atoms with E-state index >= 15 is 0 Å². The van der Waals surface area contributed by atoms with Crippen molar-refractivity contribution in [3.8, 4) is 23.0 Å². The number of rotatable bonds is 10. The maximum Gasteiger partial charge on any atom is 0.257 e. The largest absolute Gasteiger partial charge is 0.506 e. The predicted octanol–water partition coefficient (Wildman–Crippen LogP) is 6.51. The van der Waals surface area contributed by atoms with Crippen molar-refractivity contribution in [3.05, 3.63) is 131 Å². The number of nitrogens with two attached hydrogens (primary N) is 1. The van der Waals surface area contributed by atoms with Gasteiger partial charge in [-0.3, -0.25) is 9.59 Å². The Kier molecular flexibility index (Phi) is 10.7. The first-order valence-corrected chi connectivity index (χ1v) is 13.7. The van der Waals surface area contributed by atoms with E-state index in [0.29, 0.717) is 18.7 Å². The molecule has 218 valence electrons. The van der Waals surface area contributed by atoms with Crippen LogP contribution in [0, 0.1) is 5.41 Å². The van der Waals surface area contributed by atoms with E-state index in [1.165, 1.54) is 24.4 Å². The second-order valence-electron chi connectivity index (χ2n) is 9.32. The summed E-state index contributed by atoms with van der Waals surface area (Å²) in [5.74, 6) is 1.42. The van der Waals surface area contributed by atoms with Gasteiger partial charge in [0.15, 0.2) is 6.61 Å². The van der Waals surface area contributed by atoms with Gasteiger partial charge in [-0.25, -0.2) is 0 Å². The van der Waals surface area contributed by atoms with Gasteiger partial charge >= 0.3 is 0 Å². The van der Waals surface area contributed by atoms with E-state index in [1.54, 1.807) is 6.07 Å². The van der Waals surface area contributed by atoms with Gasteiger partial charge in [0.25, 0.3) is 5.91 Å². The Hall–Kier alpha value is -5.34. The summed E-state index contributed by atoms with van der Waals surface area (Å²) in [5.41, 5.74) is 7.17. The van der Waals surface area contributed by atoms with Crippen LogP contribution in [-0.4, -0.2) is 36.3 Å². The zero-order chi connectivity index (χ0) is 30.6. The maximum atomic E-state index is 12.2. The minimum atomic E-state index is -0.563. The number of primary amides is 1. The van der Waals surface area contributed by atoms with Crippen molar-refractivity contribution in [1.29, 1.82) is 5.41 Å². The number of carbonyl (C=O) groups excluding carboxylic acids is 2. The minimum Gasteiger partial charge on any atom is -0.506 e. The van der Waals surface area contributed by atoms with Crippen molar-refractivity contribution < 1.29 is 24.2 Å². The van der Waals surface area contributed by atoms with Crippen LogP contribution in [0.15, 0.2) is 109 Å². The Morgan fingerprint density at radius 2 is 1.53 bits per heavy atom. The highest BCUT2D eigenvalue weighted by Crippen LogP contribution is 2.28. The van der Waals surface area contributed by atoms with Crippen LogP contribution in [0.1, 0.15) is 21.5 Å². The molecule has 2 amide bonds. The molecule has 5 aromatic rings. The van der Waals surface area contributed by atoms with E-state index in [2.05, 4.69) is 5.32 Å². The van der Waals surface area contributed by atoms with E-state index in [1.807, 2.05) is 84.9 Å². The lowest BCUT2D eigenvalue weighted by molar-refractivity contribution is -0.123. The first-order chi connectivity index (χ1) is 20.8. The number of amides is 2. The number of fused-ring (bicyclic) bond motifs is 1. The SMILES string of the molecule is N=Cc1ccc(OCC(=O)NCCc2ccc(Oc3ccccc3)cc2)c2ccccc12.NC(=O)c1ccc(O)c(Cl)c1. The standard InChI is InChI=1S/C27H24N2O3.C7H6ClNO2/c28-18-21-12-15-26(25-9-5-4-8-24(21)25)31-19-27(30)29-17-16-20-10-13-23(14-11-20)32-22-6-2-1-3-7-22;8-5-3-4(7(9)11)1-2-6(5)10/h1-15,18,28H,16-17,19H2,(H,29,30);1-3,10H,(H2,9,11). The van der Waals surface area contributed by atoms with Crippen LogP contribution >= 0.6 is 11.6 Å². The van der Waals surface area contributed by atoms with E-state index < -0.39 is 5.91 Å². The number of halogens is 1. The number of phenols is 1. The van der Waals surface area contributed by atoms with Gasteiger partial charge in [-0.1, -0.05) is 66.2 Å². The molecule has 0 radical (unpaired) electrons. The number of aromatic hydroxyl groups is 1. The molecule has 0 aliphatic carbocycles. The molecule has 0 spiro atoms. The van der Waals surface area contributed by atoms with Gasteiger partial charge in [-0.05, 0) is 72.0 Å². The molecule has 0 saturated heterocycles. The lowest BCUT2D eigenvalue weighted by Gasteiger charge is -2.11. The zero-order valence-electron chi connectivity index (χ0n) is 23.1. The fourth-order valence-electron chi connectivity index (χ4n) is 4.10. The molecule has 0 saturated carbocycles. The molecule has 9 heteroatoms. The summed E-state index contributed by atoms with van der Waals surface area (Å²) in [4.78, 5) is 22.8. The molecule has 0 aliphatic rings. The first kappa shape index (κ1) is 30.6. The number of benzene rings is 5. The molecular weight excluding hydrogens is 566 g/mol. The normalized spacial score (nSPS) is 10.3. The number of phenolic OH excluding ortho intramolecular Hbond substituents is 1. The smallest absolute Gasteiger partial charge is 0.257 e. The molecule has 5 aromatic carbocycles. The monoisotopic (exact) mass is 595 g/mol. The van der Waals surface area contributed by atoms with Gasteiger partial charge < -0.3 is 31.0 Å². The molecule has 8 nitrogen and oxygen atoms in total. The van der Waals surface area contributed by atoms with Crippen LogP contribution in [0.3, 0.4) is 0 Å². The van der Waals surface area contributed by atoms with Crippen molar-refractivity contribution >= 4 is 40.4 Å². The zero-order valence-corrected chi connectivity index (χ0v) is 23.9. The number of hydrogen-bond acceptors (Lipinski definition) is 6. The van der Waals surface area contributed by atoms with Crippen LogP contribution in [0.2, 0.25) is 5.02 Å². The lowest BCUT2D eigenvalue weighted by Crippen LogP contribution is -2.30. The molecule has 0 atom stereocenters. The van der Waals surface area contributed by atoms with E-state index in [9.17, 15) is 9.59 Å². The van der Waals surface area contributed by atoms with Crippen LogP contribution in [0.4, 0.5) is 0 Å². The molecule has 0 aromatic heterocycles. The number of ether oxygens (including phenoxy) is 2. The summed E-state index contributed by atoms with van der Waals surface area (Å²) in [7, 11) is 0. The molecule has 43 heavy (non-hydrogen) atoms. The van der Waals surface area contributed by atoms with Crippen molar-refractivity contribution in [3.63, 3.8) is 0 Å². The number of carbonyl (C=O) groups is 2.